The molecule has 0 aromatic carbocycles. The second kappa shape index (κ2) is 5.29. The lowest BCUT2D eigenvalue weighted by molar-refractivity contribution is -0.144. The molecule has 3 N–H and O–H groups in total. The average molecular weight is 201 g/mol. The number of carboxylic acid groups (broad SMARTS) is 1. The molecule has 14 heavy (non-hydrogen) atoms. The number of carbonyl (C=O) groups is 1. The predicted octanol–water partition coefficient (Wildman–Crippen LogP) is -0.964. The lowest BCUT2D eigenvalue weighted by Gasteiger charge is -2.35. The second-order valence-electron chi connectivity index (χ2n) is 3.77. The molecule has 1 rings (SSSR count). The van der Waals surface area contributed by atoms with Gasteiger partial charge in [-0.3, -0.25) is 9.69 Å². The van der Waals surface area contributed by atoms with E-state index in [4.69, 9.17) is 10.8 Å². The van der Waals surface area contributed by atoms with E-state index < -0.39 is 12.0 Å². The minimum atomic E-state index is -0.750. The van der Waals surface area contributed by atoms with Crippen molar-refractivity contribution in [3.05, 3.63) is 0 Å². The Labute approximate surface area is 84.5 Å². The van der Waals surface area contributed by atoms with Gasteiger partial charge in [0.1, 0.15) is 6.04 Å². The van der Waals surface area contributed by atoms with E-state index in [1.54, 1.807) is 0 Å². The fourth-order valence-electron chi connectivity index (χ4n) is 1.75. The van der Waals surface area contributed by atoms with Gasteiger partial charge in [-0.15, -0.1) is 0 Å². The number of hydrogen-bond donors (Lipinski definition) is 2. The summed E-state index contributed by atoms with van der Waals surface area (Å²) < 4.78 is 0. The van der Waals surface area contributed by atoms with Gasteiger partial charge < -0.3 is 15.7 Å². The van der Waals surface area contributed by atoms with Crippen LogP contribution in [0.4, 0.5) is 0 Å². The number of carboxylic acids is 1. The van der Waals surface area contributed by atoms with Crippen LogP contribution in [0.5, 0.6) is 0 Å². The van der Waals surface area contributed by atoms with E-state index in [1.165, 1.54) is 0 Å². The van der Waals surface area contributed by atoms with Crippen LogP contribution in [0.3, 0.4) is 0 Å². The Bertz CT molecular complexity index is 190. The summed E-state index contributed by atoms with van der Waals surface area (Å²) in [7, 11) is 2.05. The fraction of sp³-hybridized carbons (Fsp3) is 0.889. The molecule has 5 heteroatoms. The molecule has 82 valence electrons. The SMILES string of the molecule is CN1CCN(C(CCN)C(=O)O)CC1. The molecule has 0 aromatic heterocycles. The Morgan fingerprint density at radius 3 is 2.43 bits per heavy atom. The maximum absolute atomic E-state index is 11.0. The molecule has 1 aliphatic heterocycles. The minimum Gasteiger partial charge on any atom is -0.480 e. The van der Waals surface area contributed by atoms with E-state index in [1.807, 2.05) is 4.90 Å². The van der Waals surface area contributed by atoms with Crippen molar-refractivity contribution >= 4 is 5.97 Å². The number of piperazine rings is 1. The third-order valence-corrected chi connectivity index (χ3v) is 2.70. The highest BCUT2D eigenvalue weighted by Crippen LogP contribution is 2.08. The van der Waals surface area contributed by atoms with Crippen LogP contribution >= 0.6 is 0 Å². The maximum Gasteiger partial charge on any atom is 0.320 e. The molecule has 1 unspecified atom stereocenters. The van der Waals surface area contributed by atoms with Crippen molar-refractivity contribution in [1.29, 1.82) is 0 Å². The second-order valence-corrected chi connectivity index (χ2v) is 3.77. The molecule has 1 fully saturated rings. The topological polar surface area (TPSA) is 69.8 Å². The van der Waals surface area contributed by atoms with Crippen LogP contribution in [0.1, 0.15) is 6.42 Å². The van der Waals surface area contributed by atoms with Gasteiger partial charge in [-0.05, 0) is 20.0 Å². The Balaban J connectivity index is 2.47. The Kier molecular flexibility index (Phi) is 4.31. The molecule has 5 nitrogen and oxygen atoms in total. The summed E-state index contributed by atoms with van der Waals surface area (Å²) in [5.74, 6) is -0.750. The van der Waals surface area contributed by atoms with Crippen LogP contribution in [0.15, 0.2) is 0 Å². The molecule has 0 spiro atoms. The van der Waals surface area contributed by atoms with Gasteiger partial charge in [0.25, 0.3) is 0 Å². The number of hydrogen-bond acceptors (Lipinski definition) is 4. The summed E-state index contributed by atoms with van der Waals surface area (Å²) in [4.78, 5) is 15.2. The summed E-state index contributed by atoms with van der Waals surface area (Å²) >= 11 is 0. The van der Waals surface area contributed by atoms with Crippen molar-refractivity contribution in [2.75, 3.05) is 39.8 Å². The molecular formula is C9H19N3O2. The van der Waals surface area contributed by atoms with E-state index in [0.29, 0.717) is 13.0 Å². The number of aliphatic carboxylic acids is 1. The highest BCUT2D eigenvalue weighted by Gasteiger charge is 2.26. The first kappa shape index (κ1) is 11.4. The Morgan fingerprint density at radius 2 is 2.00 bits per heavy atom. The molecule has 0 radical (unpaired) electrons. The minimum absolute atomic E-state index is 0.395. The standard InChI is InChI=1S/C9H19N3O2/c1-11-4-6-12(7-5-11)8(2-3-10)9(13)14/h8H,2-7,10H2,1H3,(H,13,14). The highest BCUT2D eigenvalue weighted by molar-refractivity contribution is 5.73. The van der Waals surface area contributed by atoms with Crippen LogP contribution in [-0.2, 0) is 4.79 Å². The molecule has 0 aliphatic carbocycles. The third-order valence-electron chi connectivity index (χ3n) is 2.70. The number of rotatable bonds is 4. The largest absolute Gasteiger partial charge is 0.480 e. The van der Waals surface area contributed by atoms with E-state index >= 15 is 0 Å². The maximum atomic E-state index is 11.0. The van der Waals surface area contributed by atoms with Gasteiger partial charge in [-0.1, -0.05) is 0 Å². The van der Waals surface area contributed by atoms with Crippen LogP contribution < -0.4 is 5.73 Å². The van der Waals surface area contributed by atoms with Crippen LogP contribution in [0.2, 0.25) is 0 Å². The highest BCUT2D eigenvalue weighted by atomic mass is 16.4. The van der Waals surface area contributed by atoms with Crippen molar-refractivity contribution < 1.29 is 9.90 Å². The fourth-order valence-corrected chi connectivity index (χ4v) is 1.75. The molecule has 0 bridgehead atoms. The quantitative estimate of drug-likeness (QED) is 0.613. The summed E-state index contributed by atoms with van der Waals surface area (Å²) in [5, 5.41) is 9.01. The zero-order valence-electron chi connectivity index (χ0n) is 8.65. The smallest absolute Gasteiger partial charge is 0.320 e. The van der Waals surface area contributed by atoms with Crippen molar-refractivity contribution in [1.82, 2.24) is 9.80 Å². The third kappa shape index (κ3) is 2.94. The van der Waals surface area contributed by atoms with Gasteiger partial charge >= 0.3 is 5.97 Å². The lowest BCUT2D eigenvalue weighted by Crippen LogP contribution is -2.52. The van der Waals surface area contributed by atoms with Gasteiger partial charge in [-0.25, -0.2) is 0 Å². The average Bonchev–Trinajstić information content (AvgIpc) is 2.15. The molecule has 1 atom stereocenters. The van der Waals surface area contributed by atoms with Gasteiger partial charge in [0, 0.05) is 26.2 Å². The zero-order valence-corrected chi connectivity index (χ0v) is 8.65. The Morgan fingerprint density at radius 1 is 1.43 bits per heavy atom. The molecular weight excluding hydrogens is 182 g/mol. The number of nitrogens with two attached hydrogens (primary N) is 1. The molecule has 0 aromatic rings. The van der Waals surface area contributed by atoms with E-state index in [9.17, 15) is 4.79 Å². The van der Waals surface area contributed by atoms with Crippen LogP contribution in [0.25, 0.3) is 0 Å². The van der Waals surface area contributed by atoms with Crippen LogP contribution in [-0.4, -0.2) is 66.7 Å². The van der Waals surface area contributed by atoms with E-state index in [2.05, 4.69) is 11.9 Å². The first-order valence-corrected chi connectivity index (χ1v) is 5.00. The summed E-state index contributed by atoms with van der Waals surface area (Å²) in [5.41, 5.74) is 5.40. The van der Waals surface area contributed by atoms with Gasteiger partial charge in [0.15, 0.2) is 0 Å². The van der Waals surface area contributed by atoms with Crippen molar-refractivity contribution in [3.63, 3.8) is 0 Å². The summed E-state index contributed by atoms with van der Waals surface area (Å²) in [6.07, 6.45) is 0.541. The number of nitrogens with zero attached hydrogens (tertiary/aromatic N) is 2. The van der Waals surface area contributed by atoms with Crippen molar-refractivity contribution in [2.24, 2.45) is 5.73 Å². The first-order valence-electron chi connectivity index (χ1n) is 5.00. The van der Waals surface area contributed by atoms with Crippen molar-refractivity contribution in [2.45, 2.75) is 12.5 Å². The summed E-state index contributed by atoms with van der Waals surface area (Å²) in [6, 6.07) is -0.395. The van der Waals surface area contributed by atoms with E-state index in [-0.39, 0.29) is 0 Å². The van der Waals surface area contributed by atoms with Gasteiger partial charge in [0.2, 0.25) is 0 Å². The zero-order chi connectivity index (χ0) is 10.6. The lowest BCUT2D eigenvalue weighted by atomic mass is 10.1. The monoisotopic (exact) mass is 201 g/mol. The van der Waals surface area contributed by atoms with E-state index in [0.717, 1.165) is 26.2 Å². The van der Waals surface area contributed by atoms with Crippen LogP contribution in [0, 0.1) is 0 Å². The van der Waals surface area contributed by atoms with Gasteiger partial charge in [-0.2, -0.15) is 0 Å². The molecule has 0 saturated carbocycles. The van der Waals surface area contributed by atoms with Gasteiger partial charge in [0.05, 0.1) is 0 Å². The summed E-state index contributed by atoms with van der Waals surface area (Å²) in [6.45, 7) is 3.97. The van der Waals surface area contributed by atoms with Crippen molar-refractivity contribution in [3.8, 4) is 0 Å². The molecule has 1 heterocycles. The molecule has 1 saturated heterocycles. The Hall–Kier alpha value is -0.650. The normalized spacial score (nSPS) is 22.1. The predicted molar refractivity (Wildman–Crippen MR) is 54.2 cm³/mol. The molecule has 0 amide bonds. The number of likely N-dealkylation sites (N-methyl/N-ethyl adjacent to an activating group) is 1. The molecule has 1 aliphatic rings. The first-order chi connectivity index (χ1) is 6.65.